The Bertz CT molecular complexity index is 551. The van der Waals surface area contributed by atoms with Crippen LogP contribution in [0.3, 0.4) is 0 Å². The van der Waals surface area contributed by atoms with Crippen molar-refractivity contribution in [3.8, 4) is 0 Å². The molecule has 0 aromatic heterocycles. The van der Waals surface area contributed by atoms with Crippen molar-refractivity contribution in [3.63, 3.8) is 0 Å². The molecule has 0 saturated carbocycles. The van der Waals surface area contributed by atoms with Crippen molar-refractivity contribution in [2.45, 2.75) is 38.1 Å². The number of nitrogens with zero attached hydrogens (tertiary/aromatic N) is 1. The Kier molecular flexibility index (Phi) is 4.43. The number of benzene rings is 1. The van der Waals surface area contributed by atoms with Gasteiger partial charge in [-0.15, -0.1) is 6.58 Å². The predicted molar refractivity (Wildman–Crippen MR) is 79.4 cm³/mol. The van der Waals surface area contributed by atoms with E-state index >= 15 is 0 Å². The van der Waals surface area contributed by atoms with Gasteiger partial charge in [-0.2, -0.15) is 4.31 Å². The Morgan fingerprint density at radius 3 is 2.32 bits per heavy atom. The molecule has 0 unspecified atom stereocenters. The molecule has 0 fully saturated rings. The molecule has 1 aromatic rings. The van der Waals surface area contributed by atoms with E-state index in [1.54, 1.807) is 18.2 Å². The summed E-state index contributed by atoms with van der Waals surface area (Å²) in [6.07, 6.45) is 1.59. The van der Waals surface area contributed by atoms with Crippen LogP contribution in [-0.4, -0.2) is 24.8 Å². The third kappa shape index (κ3) is 3.58. The molecule has 0 atom stereocenters. The second-order valence-electron chi connectivity index (χ2n) is 5.58. The first-order valence-corrected chi connectivity index (χ1v) is 7.54. The SMILES string of the molecule is C=CCN(C(C)(C)C)S(=O)(=O)c1cc(C)cc(N)c1. The fourth-order valence-corrected chi connectivity index (χ4v) is 3.80. The van der Waals surface area contributed by atoms with Crippen LogP contribution in [0.5, 0.6) is 0 Å². The zero-order chi connectivity index (χ0) is 14.8. The normalized spacial score (nSPS) is 12.7. The van der Waals surface area contributed by atoms with Gasteiger partial charge in [-0.1, -0.05) is 6.08 Å². The highest BCUT2D eigenvalue weighted by Crippen LogP contribution is 2.26. The third-order valence-corrected chi connectivity index (χ3v) is 4.81. The van der Waals surface area contributed by atoms with Gasteiger partial charge >= 0.3 is 0 Å². The van der Waals surface area contributed by atoms with Gasteiger partial charge in [0.05, 0.1) is 4.90 Å². The number of nitrogen functional groups attached to an aromatic ring is 1. The average Bonchev–Trinajstić information content (AvgIpc) is 2.22. The van der Waals surface area contributed by atoms with Crippen LogP contribution in [0.15, 0.2) is 35.7 Å². The van der Waals surface area contributed by atoms with E-state index < -0.39 is 15.6 Å². The van der Waals surface area contributed by atoms with Crippen molar-refractivity contribution in [3.05, 3.63) is 36.4 Å². The van der Waals surface area contributed by atoms with E-state index in [1.165, 1.54) is 10.4 Å². The summed E-state index contributed by atoms with van der Waals surface area (Å²) >= 11 is 0. The Hall–Kier alpha value is -1.33. The first-order chi connectivity index (χ1) is 8.59. The number of hydrogen-bond donors (Lipinski definition) is 1. The Morgan fingerprint density at radius 1 is 1.32 bits per heavy atom. The summed E-state index contributed by atoms with van der Waals surface area (Å²) < 4.78 is 26.8. The van der Waals surface area contributed by atoms with E-state index in [4.69, 9.17) is 5.73 Å². The fraction of sp³-hybridized carbons (Fsp3) is 0.429. The maximum Gasteiger partial charge on any atom is 0.243 e. The van der Waals surface area contributed by atoms with Gasteiger partial charge in [0, 0.05) is 17.8 Å². The molecule has 5 heteroatoms. The van der Waals surface area contributed by atoms with Gasteiger partial charge in [-0.05, 0) is 51.5 Å². The smallest absolute Gasteiger partial charge is 0.243 e. The maximum atomic E-state index is 12.7. The van der Waals surface area contributed by atoms with E-state index in [-0.39, 0.29) is 11.4 Å². The van der Waals surface area contributed by atoms with E-state index in [1.807, 2.05) is 27.7 Å². The molecule has 0 spiro atoms. The molecule has 0 aliphatic rings. The van der Waals surface area contributed by atoms with Gasteiger partial charge < -0.3 is 5.73 Å². The first-order valence-electron chi connectivity index (χ1n) is 6.10. The maximum absolute atomic E-state index is 12.7. The van der Waals surface area contributed by atoms with Crippen molar-refractivity contribution in [1.29, 1.82) is 0 Å². The van der Waals surface area contributed by atoms with E-state index in [9.17, 15) is 8.42 Å². The summed E-state index contributed by atoms with van der Waals surface area (Å²) in [4.78, 5) is 0.224. The molecule has 106 valence electrons. The van der Waals surface area contributed by atoms with Crippen LogP contribution in [0.4, 0.5) is 5.69 Å². The summed E-state index contributed by atoms with van der Waals surface area (Å²) in [7, 11) is -3.58. The number of sulfonamides is 1. The van der Waals surface area contributed by atoms with Crippen molar-refractivity contribution in [1.82, 2.24) is 4.31 Å². The number of rotatable bonds is 4. The second kappa shape index (κ2) is 5.35. The standard InChI is InChI=1S/C14H22N2O2S/c1-6-7-16(14(3,4)5)19(17,18)13-9-11(2)8-12(15)10-13/h6,8-10H,1,7,15H2,2-5H3. The molecule has 0 aliphatic heterocycles. The minimum atomic E-state index is -3.58. The minimum Gasteiger partial charge on any atom is -0.399 e. The molecular formula is C14H22N2O2S. The van der Waals surface area contributed by atoms with Crippen molar-refractivity contribution >= 4 is 15.7 Å². The Morgan fingerprint density at radius 2 is 1.89 bits per heavy atom. The van der Waals surface area contributed by atoms with Crippen molar-refractivity contribution < 1.29 is 8.42 Å². The number of aryl methyl sites for hydroxylation is 1. The summed E-state index contributed by atoms with van der Waals surface area (Å²) in [6, 6.07) is 4.87. The van der Waals surface area contributed by atoms with Gasteiger partial charge in [0.2, 0.25) is 10.0 Å². The third-order valence-electron chi connectivity index (χ3n) is 2.70. The minimum absolute atomic E-state index is 0.224. The fourth-order valence-electron chi connectivity index (χ4n) is 1.90. The van der Waals surface area contributed by atoms with Crippen LogP contribution < -0.4 is 5.73 Å². The molecule has 1 rings (SSSR count). The summed E-state index contributed by atoms with van der Waals surface area (Å²) in [5.41, 5.74) is 6.49. The van der Waals surface area contributed by atoms with Crippen LogP contribution >= 0.6 is 0 Å². The monoisotopic (exact) mass is 282 g/mol. The van der Waals surface area contributed by atoms with Crippen LogP contribution in [0.1, 0.15) is 26.3 Å². The molecule has 2 N–H and O–H groups in total. The Labute approximate surface area is 116 Å². The molecule has 0 amide bonds. The number of anilines is 1. The lowest BCUT2D eigenvalue weighted by atomic mass is 10.1. The van der Waals surface area contributed by atoms with Crippen molar-refractivity contribution in [2.75, 3.05) is 12.3 Å². The highest BCUT2D eigenvalue weighted by Gasteiger charge is 2.33. The first kappa shape index (κ1) is 15.7. The number of hydrogen-bond acceptors (Lipinski definition) is 3. The van der Waals surface area contributed by atoms with E-state index in [0.717, 1.165) is 5.56 Å². The molecule has 0 radical (unpaired) electrons. The molecule has 4 nitrogen and oxygen atoms in total. The van der Waals surface area contributed by atoms with Gasteiger partial charge in [0.15, 0.2) is 0 Å². The summed E-state index contributed by atoms with van der Waals surface area (Å²) in [5, 5.41) is 0. The van der Waals surface area contributed by atoms with E-state index in [0.29, 0.717) is 5.69 Å². The van der Waals surface area contributed by atoms with Gasteiger partial charge in [-0.3, -0.25) is 0 Å². The molecule has 1 aromatic carbocycles. The molecular weight excluding hydrogens is 260 g/mol. The van der Waals surface area contributed by atoms with Gasteiger partial charge in [-0.25, -0.2) is 8.42 Å². The lowest BCUT2D eigenvalue weighted by molar-refractivity contribution is 0.270. The zero-order valence-electron chi connectivity index (χ0n) is 12.0. The lowest BCUT2D eigenvalue weighted by Crippen LogP contribution is -2.45. The molecule has 0 heterocycles. The summed E-state index contributed by atoms with van der Waals surface area (Å²) in [5.74, 6) is 0. The average molecular weight is 282 g/mol. The van der Waals surface area contributed by atoms with Crippen LogP contribution in [-0.2, 0) is 10.0 Å². The topological polar surface area (TPSA) is 63.4 Å². The molecule has 0 bridgehead atoms. The molecule has 19 heavy (non-hydrogen) atoms. The lowest BCUT2D eigenvalue weighted by Gasteiger charge is -2.33. The van der Waals surface area contributed by atoms with Gasteiger partial charge in [0.25, 0.3) is 0 Å². The number of nitrogens with two attached hydrogens (primary N) is 1. The van der Waals surface area contributed by atoms with Gasteiger partial charge in [0.1, 0.15) is 0 Å². The highest BCUT2D eigenvalue weighted by atomic mass is 32.2. The predicted octanol–water partition coefficient (Wildman–Crippen LogP) is 2.55. The largest absolute Gasteiger partial charge is 0.399 e. The van der Waals surface area contributed by atoms with E-state index in [2.05, 4.69) is 6.58 Å². The quantitative estimate of drug-likeness (QED) is 0.682. The zero-order valence-corrected chi connectivity index (χ0v) is 12.8. The highest BCUT2D eigenvalue weighted by molar-refractivity contribution is 7.89. The van der Waals surface area contributed by atoms with Crippen molar-refractivity contribution in [2.24, 2.45) is 0 Å². The van der Waals surface area contributed by atoms with Crippen LogP contribution in [0.25, 0.3) is 0 Å². The Balaban J connectivity index is 3.38. The molecule has 0 saturated heterocycles. The van der Waals surface area contributed by atoms with Crippen LogP contribution in [0, 0.1) is 6.92 Å². The second-order valence-corrected chi connectivity index (χ2v) is 7.44. The summed E-state index contributed by atoms with van der Waals surface area (Å²) in [6.45, 7) is 11.3. The molecule has 0 aliphatic carbocycles. The van der Waals surface area contributed by atoms with Crippen LogP contribution in [0.2, 0.25) is 0 Å².